The molecule has 1 saturated heterocycles. The highest BCUT2D eigenvalue weighted by Crippen LogP contribution is 2.25. The van der Waals surface area contributed by atoms with Crippen LogP contribution in [0.25, 0.3) is 0 Å². The molecule has 0 aliphatic carbocycles. The van der Waals surface area contributed by atoms with Crippen LogP contribution in [0.15, 0.2) is 18.2 Å². The van der Waals surface area contributed by atoms with E-state index in [0.717, 1.165) is 0 Å². The number of carbonyl (C=O) groups is 3. The molecule has 0 spiro atoms. The van der Waals surface area contributed by atoms with Gasteiger partial charge in [-0.2, -0.15) is 0 Å². The number of hydrogen-bond donors (Lipinski definition) is 0. The maximum absolute atomic E-state index is 13.4. The van der Waals surface area contributed by atoms with Gasteiger partial charge in [-0.25, -0.2) is 14.8 Å². The molecule has 0 radical (unpaired) electrons. The summed E-state index contributed by atoms with van der Waals surface area (Å²) in [4.78, 5) is 50.9. The molecule has 1 fully saturated rings. The van der Waals surface area contributed by atoms with Gasteiger partial charge < -0.3 is 24.0 Å². The van der Waals surface area contributed by atoms with Gasteiger partial charge in [0, 0.05) is 37.3 Å². The van der Waals surface area contributed by atoms with E-state index in [1.807, 2.05) is 6.92 Å². The van der Waals surface area contributed by atoms with E-state index in [9.17, 15) is 14.4 Å². The molecular weight excluding hydrogens is 440 g/mol. The Balaban J connectivity index is 1.82. The van der Waals surface area contributed by atoms with Gasteiger partial charge in [-0.3, -0.25) is 9.59 Å². The maximum Gasteiger partial charge on any atom is 0.342 e. The number of aromatic nitrogens is 2. The number of carbonyl (C=O) groups excluding carboxylic acids is 3. The van der Waals surface area contributed by atoms with Crippen molar-refractivity contribution in [2.75, 3.05) is 40.5 Å². The first-order valence-corrected chi connectivity index (χ1v) is 11.1. The first-order valence-electron chi connectivity index (χ1n) is 11.1. The van der Waals surface area contributed by atoms with E-state index in [0.29, 0.717) is 41.7 Å². The second kappa shape index (κ2) is 10.5. The molecule has 2 heterocycles. The minimum absolute atomic E-state index is 0.0213. The van der Waals surface area contributed by atoms with Gasteiger partial charge in [0.2, 0.25) is 0 Å². The number of ether oxygens (including phenoxy) is 3. The van der Waals surface area contributed by atoms with Gasteiger partial charge in [0.05, 0.1) is 26.5 Å². The maximum atomic E-state index is 13.4. The molecule has 10 nitrogen and oxygen atoms in total. The van der Waals surface area contributed by atoms with E-state index in [2.05, 4.69) is 9.97 Å². The van der Waals surface area contributed by atoms with E-state index in [-0.39, 0.29) is 36.4 Å². The third-order valence-electron chi connectivity index (χ3n) is 5.66. The van der Waals surface area contributed by atoms with E-state index in [1.54, 1.807) is 48.8 Å². The highest BCUT2D eigenvalue weighted by atomic mass is 16.5. The zero-order valence-corrected chi connectivity index (χ0v) is 20.4. The molecule has 10 heteroatoms. The predicted molar refractivity (Wildman–Crippen MR) is 123 cm³/mol. The minimum Gasteiger partial charge on any atom is -0.497 e. The van der Waals surface area contributed by atoms with Crippen molar-refractivity contribution in [2.45, 2.75) is 33.7 Å². The summed E-state index contributed by atoms with van der Waals surface area (Å²) >= 11 is 0. The van der Waals surface area contributed by atoms with Crippen LogP contribution in [0.5, 0.6) is 11.5 Å². The van der Waals surface area contributed by atoms with E-state index < -0.39 is 11.9 Å². The summed E-state index contributed by atoms with van der Waals surface area (Å²) in [5.74, 6) is 0.228. The third-order valence-corrected chi connectivity index (χ3v) is 5.66. The molecule has 2 amide bonds. The molecular formula is C24H30N4O6. The van der Waals surface area contributed by atoms with Crippen LogP contribution < -0.4 is 9.47 Å². The Morgan fingerprint density at radius 1 is 1.00 bits per heavy atom. The van der Waals surface area contributed by atoms with Crippen LogP contribution >= 0.6 is 0 Å². The Bertz CT molecular complexity index is 1080. The van der Waals surface area contributed by atoms with Crippen LogP contribution in [0, 0.1) is 13.8 Å². The molecule has 1 aliphatic heterocycles. The van der Waals surface area contributed by atoms with Crippen LogP contribution in [-0.2, 0) is 4.74 Å². The minimum atomic E-state index is -0.628. The number of benzene rings is 1. The predicted octanol–water partition coefficient (Wildman–Crippen LogP) is 2.27. The number of aryl methyl sites for hydroxylation is 2. The second-order valence-corrected chi connectivity index (χ2v) is 8.00. The van der Waals surface area contributed by atoms with E-state index in [1.165, 1.54) is 14.2 Å². The van der Waals surface area contributed by atoms with Gasteiger partial charge in [0.15, 0.2) is 0 Å². The van der Waals surface area contributed by atoms with Gasteiger partial charge in [0.25, 0.3) is 11.8 Å². The largest absolute Gasteiger partial charge is 0.497 e. The molecule has 2 aromatic rings. The summed E-state index contributed by atoms with van der Waals surface area (Å²) < 4.78 is 15.7. The van der Waals surface area contributed by atoms with Crippen molar-refractivity contribution >= 4 is 17.8 Å². The average Bonchev–Trinajstić information content (AvgIpc) is 2.82. The molecule has 0 bridgehead atoms. The Labute approximate surface area is 198 Å². The highest BCUT2D eigenvalue weighted by molar-refractivity contribution is 6.04. The number of piperazine rings is 1. The summed E-state index contributed by atoms with van der Waals surface area (Å²) in [6.07, 6.45) is 0. The summed E-state index contributed by atoms with van der Waals surface area (Å²) in [6.45, 7) is 7.96. The molecule has 1 aromatic heterocycles. The van der Waals surface area contributed by atoms with E-state index >= 15 is 0 Å². The van der Waals surface area contributed by atoms with Crippen molar-refractivity contribution in [1.29, 1.82) is 0 Å². The molecule has 3 rings (SSSR count). The molecule has 1 unspecified atom stereocenters. The Morgan fingerprint density at radius 3 is 2.21 bits per heavy atom. The smallest absolute Gasteiger partial charge is 0.342 e. The molecule has 0 saturated carbocycles. The van der Waals surface area contributed by atoms with Crippen molar-refractivity contribution in [1.82, 2.24) is 19.8 Å². The molecule has 34 heavy (non-hydrogen) atoms. The lowest BCUT2D eigenvalue weighted by Gasteiger charge is -2.40. The summed E-state index contributed by atoms with van der Waals surface area (Å²) in [5.41, 5.74) is 0.928. The molecule has 1 atom stereocenters. The number of amides is 2. The molecule has 1 aliphatic rings. The fourth-order valence-corrected chi connectivity index (χ4v) is 4.01. The monoisotopic (exact) mass is 470 g/mol. The van der Waals surface area contributed by atoms with Crippen molar-refractivity contribution in [2.24, 2.45) is 0 Å². The van der Waals surface area contributed by atoms with Crippen molar-refractivity contribution in [3.8, 4) is 11.5 Å². The zero-order chi connectivity index (χ0) is 25.0. The number of rotatable bonds is 6. The van der Waals surface area contributed by atoms with Crippen LogP contribution in [0.4, 0.5) is 0 Å². The van der Waals surface area contributed by atoms with Crippen LogP contribution in [0.1, 0.15) is 56.6 Å². The normalized spacial score (nSPS) is 15.6. The summed E-state index contributed by atoms with van der Waals surface area (Å²) in [6, 6.07) is 4.75. The Hall–Kier alpha value is -3.69. The fraction of sp³-hybridized carbons (Fsp3) is 0.458. The number of nitrogens with zero attached hydrogens (tertiary/aromatic N) is 4. The average molecular weight is 471 g/mol. The van der Waals surface area contributed by atoms with Gasteiger partial charge >= 0.3 is 5.97 Å². The van der Waals surface area contributed by atoms with Gasteiger partial charge in [-0.1, -0.05) is 0 Å². The molecule has 0 N–H and O–H groups in total. The molecule has 1 aromatic carbocycles. The third kappa shape index (κ3) is 5.11. The number of methoxy groups -OCH3 is 2. The fourth-order valence-electron chi connectivity index (χ4n) is 4.01. The van der Waals surface area contributed by atoms with Gasteiger partial charge in [-0.15, -0.1) is 0 Å². The van der Waals surface area contributed by atoms with Crippen molar-refractivity contribution in [3.63, 3.8) is 0 Å². The second-order valence-electron chi connectivity index (χ2n) is 8.00. The van der Waals surface area contributed by atoms with Gasteiger partial charge in [0.1, 0.15) is 28.6 Å². The van der Waals surface area contributed by atoms with E-state index in [4.69, 9.17) is 14.2 Å². The van der Waals surface area contributed by atoms with Crippen molar-refractivity contribution < 1.29 is 28.6 Å². The van der Waals surface area contributed by atoms with Gasteiger partial charge in [-0.05, 0) is 39.8 Å². The summed E-state index contributed by atoms with van der Waals surface area (Å²) in [7, 11) is 3.05. The molecule has 182 valence electrons. The van der Waals surface area contributed by atoms with Crippen LogP contribution in [0.2, 0.25) is 0 Å². The Morgan fingerprint density at radius 2 is 1.65 bits per heavy atom. The summed E-state index contributed by atoms with van der Waals surface area (Å²) in [5, 5.41) is 0. The first kappa shape index (κ1) is 24.9. The topological polar surface area (TPSA) is 111 Å². The standard InChI is InChI=1S/C24H30N4O6/c1-7-34-24(31)20-15(3)25-16(4)26-21(20)23(30)27-8-9-28(14(2)13-27)22(29)17-10-18(32-5)12-19(11-17)33-6/h10-12,14H,7-9,13H2,1-6H3. The van der Waals surface area contributed by atoms with Crippen LogP contribution in [0.3, 0.4) is 0 Å². The van der Waals surface area contributed by atoms with Crippen LogP contribution in [-0.4, -0.2) is 84.1 Å². The first-order chi connectivity index (χ1) is 16.2. The highest BCUT2D eigenvalue weighted by Gasteiger charge is 2.34. The Kier molecular flexibility index (Phi) is 7.70. The quantitative estimate of drug-likeness (QED) is 0.591. The lowest BCUT2D eigenvalue weighted by molar-refractivity contribution is 0.0405. The lowest BCUT2D eigenvalue weighted by Crippen LogP contribution is -2.55. The number of esters is 1. The lowest BCUT2D eigenvalue weighted by atomic mass is 10.1. The number of hydrogen-bond acceptors (Lipinski definition) is 8. The zero-order valence-electron chi connectivity index (χ0n) is 20.4. The van der Waals surface area contributed by atoms with Crippen molar-refractivity contribution in [3.05, 3.63) is 46.5 Å². The SMILES string of the molecule is CCOC(=O)c1c(C)nc(C)nc1C(=O)N1CCN(C(=O)c2cc(OC)cc(OC)c2)C(C)C1.